The Hall–Kier alpha value is -5.80. The highest BCUT2D eigenvalue weighted by Crippen LogP contribution is 2.59. The summed E-state index contributed by atoms with van der Waals surface area (Å²) in [5.74, 6) is 0. The molecule has 0 radical (unpaired) electrons. The molecule has 2 spiro atoms. The second kappa shape index (κ2) is 11.9. The van der Waals surface area contributed by atoms with E-state index in [9.17, 15) is 0 Å². The van der Waals surface area contributed by atoms with Crippen molar-refractivity contribution in [3.63, 3.8) is 0 Å². The zero-order chi connectivity index (χ0) is 37.3. The van der Waals surface area contributed by atoms with Crippen LogP contribution in [0.4, 0.5) is 34.1 Å². The molecule has 0 amide bonds. The van der Waals surface area contributed by atoms with Gasteiger partial charge in [-0.05, 0) is 135 Å². The number of hydrogen-bond acceptors (Lipinski definition) is 2. The lowest BCUT2D eigenvalue weighted by Gasteiger charge is -2.45. The van der Waals surface area contributed by atoms with Gasteiger partial charge in [-0.3, -0.25) is 0 Å². The van der Waals surface area contributed by atoms with Crippen LogP contribution in [0.15, 0.2) is 152 Å². The van der Waals surface area contributed by atoms with Crippen molar-refractivity contribution in [2.75, 3.05) is 9.80 Å². The van der Waals surface area contributed by atoms with Crippen LogP contribution in [0.3, 0.4) is 0 Å². The van der Waals surface area contributed by atoms with E-state index in [1.54, 1.807) is 16.7 Å². The molecule has 7 aromatic carbocycles. The van der Waals surface area contributed by atoms with Gasteiger partial charge in [-0.15, -0.1) is 0 Å². The molecule has 6 aliphatic rings. The molecule has 3 heteroatoms. The van der Waals surface area contributed by atoms with Crippen LogP contribution in [0, 0.1) is 0 Å². The Balaban J connectivity index is 1.06. The molecule has 0 atom stereocenters. The molecule has 0 aromatic heterocycles. The van der Waals surface area contributed by atoms with Crippen LogP contribution < -0.4 is 26.2 Å². The van der Waals surface area contributed by atoms with Crippen LogP contribution in [0.5, 0.6) is 0 Å². The minimum absolute atomic E-state index is 0.0912. The largest absolute Gasteiger partial charge is 0.311 e. The Kier molecular flexibility index (Phi) is 6.73. The minimum Gasteiger partial charge on any atom is -0.311 e. The maximum atomic E-state index is 2.65. The highest BCUT2D eigenvalue weighted by Gasteiger charge is 2.49. The third-order valence-electron chi connectivity index (χ3n) is 15.2. The molecule has 13 rings (SSSR count). The predicted molar refractivity (Wildman–Crippen MR) is 239 cm³/mol. The second-order valence-electron chi connectivity index (χ2n) is 17.8. The standard InChI is InChI=1S/C54H45BN2/c1-4-17-36(18-5-1)56-49-25-16-26-50-52(49)55(47-34-41-39-20-7-9-22-43(39)54(31-14-3-15-32-54)45(41)35-51(47)56)46-23-10-11-24-48(46)57(50)37-27-28-40-38-19-6-8-21-42(38)53(44(40)33-37)29-12-2-13-30-53/h1,4-11,16-28,33-35H,2-3,12-15,29-32H2. The Bertz CT molecular complexity index is 2790. The molecule has 7 aromatic rings. The van der Waals surface area contributed by atoms with Gasteiger partial charge in [0.1, 0.15) is 0 Å². The van der Waals surface area contributed by atoms with Gasteiger partial charge in [-0.1, -0.05) is 142 Å². The summed E-state index contributed by atoms with van der Waals surface area (Å²) in [4.78, 5) is 5.21. The molecule has 4 aliphatic carbocycles. The van der Waals surface area contributed by atoms with E-state index in [4.69, 9.17) is 0 Å². The van der Waals surface area contributed by atoms with Crippen molar-refractivity contribution in [3.8, 4) is 22.3 Å². The maximum absolute atomic E-state index is 2.65. The molecular formula is C54H45BN2. The van der Waals surface area contributed by atoms with E-state index in [1.165, 1.54) is 143 Å². The monoisotopic (exact) mass is 732 g/mol. The molecule has 0 saturated heterocycles. The van der Waals surface area contributed by atoms with Crippen molar-refractivity contribution in [3.05, 3.63) is 174 Å². The molecule has 2 saturated carbocycles. The van der Waals surface area contributed by atoms with Crippen LogP contribution in [0.25, 0.3) is 22.3 Å². The number of rotatable bonds is 2. The normalized spacial score (nSPS) is 18.4. The fourth-order valence-electron chi connectivity index (χ4n) is 12.9. The van der Waals surface area contributed by atoms with Crippen LogP contribution >= 0.6 is 0 Å². The van der Waals surface area contributed by atoms with Crippen molar-refractivity contribution < 1.29 is 0 Å². The molecule has 2 fully saturated rings. The topological polar surface area (TPSA) is 6.48 Å². The van der Waals surface area contributed by atoms with Crippen molar-refractivity contribution in [1.82, 2.24) is 0 Å². The van der Waals surface area contributed by atoms with Gasteiger partial charge in [0.05, 0.1) is 0 Å². The van der Waals surface area contributed by atoms with E-state index in [2.05, 4.69) is 161 Å². The molecular weight excluding hydrogens is 687 g/mol. The maximum Gasteiger partial charge on any atom is 0.252 e. The number of anilines is 6. The van der Waals surface area contributed by atoms with Crippen molar-refractivity contribution in [1.29, 1.82) is 0 Å². The summed E-state index contributed by atoms with van der Waals surface area (Å²) < 4.78 is 0. The third-order valence-corrected chi connectivity index (χ3v) is 15.2. The first-order valence-corrected chi connectivity index (χ1v) is 21.7. The van der Waals surface area contributed by atoms with Crippen molar-refractivity contribution >= 4 is 57.2 Å². The average molecular weight is 733 g/mol. The van der Waals surface area contributed by atoms with Crippen molar-refractivity contribution in [2.45, 2.75) is 75.0 Å². The third kappa shape index (κ3) is 4.22. The van der Waals surface area contributed by atoms with Crippen LogP contribution in [0.2, 0.25) is 0 Å². The number of fused-ring (bicyclic) bond motifs is 14. The van der Waals surface area contributed by atoms with Crippen LogP contribution in [-0.2, 0) is 10.8 Å². The van der Waals surface area contributed by atoms with E-state index < -0.39 is 0 Å². The van der Waals surface area contributed by atoms with Crippen LogP contribution in [0.1, 0.15) is 86.5 Å². The lowest BCUT2D eigenvalue weighted by Crippen LogP contribution is -2.61. The minimum atomic E-state index is 0.0912. The molecule has 2 heterocycles. The lowest BCUT2D eigenvalue weighted by molar-refractivity contribution is 0.353. The Labute approximate surface area is 336 Å². The fraction of sp³-hybridized carbons (Fsp3) is 0.222. The summed E-state index contributed by atoms with van der Waals surface area (Å²) in [6, 6.07) is 59.0. The first-order chi connectivity index (χ1) is 28.3. The van der Waals surface area contributed by atoms with Gasteiger partial charge in [0.25, 0.3) is 6.71 Å². The first-order valence-electron chi connectivity index (χ1n) is 21.7. The highest BCUT2D eigenvalue weighted by atomic mass is 15.2. The SMILES string of the molecule is c1ccc(N2c3cc4c(cc3B3c5ccccc5N(c5ccc6c(c5)C5(CCCCC5)c5ccccc5-6)c5cccc2c53)-c2ccccc2C42CCCCC2)cc1. The molecule has 57 heavy (non-hydrogen) atoms. The number of hydrogen-bond donors (Lipinski definition) is 0. The van der Waals surface area contributed by atoms with E-state index in [-0.39, 0.29) is 17.5 Å². The number of benzene rings is 7. The van der Waals surface area contributed by atoms with Crippen molar-refractivity contribution in [2.24, 2.45) is 0 Å². The first kappa shape index (κ1) is 32.3. The second-order valence-corrected chi connectivity index (χ2v) is 17.8. The molecule has 0 unspecified atom stereocenters. The smallest absolute Gasteiger partial charge is 0.252 e. The zero-order valence-corrected chi connectivity index (χ0v) is 32.5. The van der Waals surface area contributed by atoms with Gasteiger partial charge in [-0.25, -0.2) is 0 Å². The Morgan fingerprint density at radius 1 is 0.351 bits per heavy atom. The summed E-state index contributed by atoms with van der Waals surface area (Å²) in [5, 5.41) is 0. The van der Waals surface area contributed by atoms with Gasteiger partial charge in [0.15, 0.2) is 0 Å². The van der Waals surface area contributed by atoms with Gasteiger partial charge in [0.2, 0.25) is 0 Å². The number of nitrogens with zero attached hydrogens (tertiary/aromatic N) is 2. The molecule has 0 bridgehead atoms. The van der Waals surface area contributed by atoms with Crippen LogP contribution in [-0.4, -0.2) is 6.71 Å². The van der Waals surface area contributed by atoms with E-state index in [1.807, 2.05) is 0 Å². The molecule has 2 nitrogen and oxygen atoms in total. The zero-order valence-electron chi connectivity index (χ0n) is 32.5. The Morgan fingerprint density at radius 2 is 0.895 bits per heavy atom. The highest BCUT2D eigenvalue weighted by molar-refractivity contribution is 7.00. The average Bonchev–Trinajstić information content (AvgIpc) is 3.68. The summed E-state index contributed by atoms with van der Waals surface area (Å²) in [5.41, 5.74) is 24.1. The molecule has 0 N–H and O–H groups in total. The molecule has 2 aliphatic heterocycles. The summed E-state index contributed by atoms with van der Waals surface area (Å²) in [6.07, 6.45) is 12.8. The Morgan fingerprint density at radius 3 is 1.60 bits per heavy atom. The number of para-hydroxylation sites is 2. The van der Waals surface area contributed by atoms with Gasteiger partial charge >= 0.3 is 0 Å². The van der Waals surface area contributed by atoms with E-state index in [0.29, 0.717) is 0 Å². The predicted octanol–water partition coefficient (Wildman–Crippen LogP) is 12.2. The summed E-state index contributed by atoms with van der Waals surface area (Å²) >= 11 is 0. The summed E-state index contributed by atoms with van der Waals surface area (Å²) in [6.45, 7) is 0.113. The fourth-order valence-corrected chi connectivity index (χ4v) is 12.9. The van der Waals surface area contributed by atoms with Gasteiger partial charge < -0.3 is 9.80 Å². The van der Waals surface area contributed by atoms with Gasteiger partial charge in [0, 0.05) is 45.0 Å². The van der Waals surface area contributed by atoms with E-state index in [0.717, 1.165) is 0 Å². The lowest BCUT2D eigenvalue weighted by atomic mass is 9.33. The molecule has 274 valence electrons. The summed E-state index contributed by atoms with van der Waals surface area (Å²) in [7, 11) is 0. The van der Waals surface area contributed by atoms with E-state index >= 15 is 0 Å². The van der Waals surface area contributed by atoms with Gasteiger partial charge in [-0.2, -0.15) is 0 Å². The quantitative estimate of drug-likeness (QED) is 0.163.